The standard InChI is InChI=1S/C11H11N5/c12-4-8(5-13)7-3-10-9(15-6-7)1-2-11(14)16-10/h1-6,12H,13H2,(H2,14,16)/b8-5+,12-4?. The van der Waals surface area contributed by atoms with Gasteiger partial charge in [0.25, 0.3) is 0 Å². The second kappa shape index (κ2) is 3.98. The number of fused-ring (bicyclic) bond motifs is 1. The Kier molecular flexibility index (Phi) is 2.51. The summed E-state index contributed by atoms with van der Waals surface area (Å²) in [5, 5.41) is 7.20. The Morgan fingerprint density at radius 3 is 2.81 bits per heavy atom. The van der Waals surface area contributed by atoms with Crippen LogP contribution in [-0.2, 0) is 0 Å². The third-order valence-corrected chi connectivity index (χ3v) is 2.23. The highest BCUT2D eigenvalue weighted by atomic mass is 14.8. The summed E-state index contributed by atoms with van der Waals surface area (Å²) in [5.41, 5.74) is 13.8. The molecule has 0 aliphatic rings. The van der Waals surface area contributed by atoms with Gasteiger partial charge in [-0.05, 0) is 18.2 Å². The van der Waals surface area contributed by atoms with E-state index in [-0.39, 0.29) is 0 Å². The molecule has 0 saturated heterocycles. The molecule has 2 heterocycles. The van der Waals surface area contributed by atoms with Gasteiger partial charge in [0, 0.05) is 29.7 Å². The van der Waals surface area contributed by atoms with Crippen LogP contribution in [-0.4, -0.2) is 16.2 Å². The molecule has 0 radical (unpaired) electrons. The molecule has 0 saturated carbocycles. The van der Waals surface area contributed by atoms with E-state index in [4.69, 9.17) is 16.9 Å². The number of nitrogens with zero attached hydrogens (tertiary/aromatic N) is 2. The largest absolute Gasteiger partial charge is 0.404 e. The molecule has 0 aliphatic carbocycles. The Labute approximate surface area is 92.3 Å². The lowest BCUT2D eigenvalue weighted by molar-refractivity contribution is 1.33. The zero-order chi connectivity index (χ0) is 11.5. The monoisotopic (exact) mass is 213 g/mol. The van der Waals surface area contributed by atoms with Crippen LogP contribution in [0.5, 0.6) is 0 Å². The predicted molar refractivity (Wildman–Crippen MR) is 64.9 cm³/mol. The van der Waals surface area contributed by atoms with E-state index in [1.165, 1.54) is 12.4 Å². The molecule has 2 aromatic heterocycles. The topological polar surface area (TPSA) is 102 Å². The second-order valence-electron chi connectivity index (χ2n) is 3.26. The van der Waals surface area contributed by atoms with Crippen molar-refractivity contribution in [3.05, 3.63) is 36.2 Å². The Morgan fingerprint density at radius 2 is 2.12 bits per heavy atom. The minimum absolute atomic E-state index is 0.444. The average Bonchev–Trinajstić information content (AvgIpc) is 2.30. The fourth-order valence-electron chi connectivity index (χ4n) is 1.41. The van der Waals surface area contributed by atoms with Gasteiger partial charge in [-0.25, -0.2) is 4.98 Å². The van der Waals surface area contributed by atoms with Gasteiger partial charge in [-0.3, -0.25) is 4.98 Å². The number of nitrogens with two attached hydrogens (primary N) is 2. The molecule has 2 rings (SSSR count). The normalized spacial score (nSPS) is 11.6. The first-order valence-corrected chi connectivity index (χ1v) is 4.69. The highest BCUT2D eigenvalue weighted by Crippen LogP contribution is 2.17. The van der Waals surface area contributed by atoms with Gasteiger partial charge in [0.05, 0.1) is 11.0 Å². The van der Waals surface area contributed by atoms with Gasteiger partial charge >= 0.3 is 0 Å². The molecule has 5 nitrogen and oxygen atoms in total. The minimum Gasteiger partial charge on any atom is -0.404 e. The summed E-state index contributed by atoms with van der Waals surface area (Å²) < 4.78 is 0. The van der Waals surface area contributed by atoms with Gasteiger partial charge in [0.1, 0.15) is 5.82 Å². The average molecular weight is 213 g/mol. The molecule has 5 heteroatoms. The molecule has 0 unspecified atom stereocenters. The zero-order valence-corrected chi connectivity index (χ0v) is 8.51. The lowest BCUT2D eigenvalue weighted by Gasteiger charge is -2.02. The molecule has 80 valence electrons. The van der Waals surface area contributed by atoms with Crippen LogP contribution in [0.3, 0.4) is 0 Å². The van der Waals surface area contributed by atoms with Crippen molar-refractivity contribution in [3.63, 3.8) is 0 Å². The van der Waals surface area contributed by atoms with Crippen LogP contribution in [0, 0.1) is 5.41 Å². The maximum atomic E-state index is 7.20. The van der Waals surface area contributed by atoms with Crippen molar-refractivity contribution < 1.29 is 0 Å². The summed E-state index contributed by atoms with van der Waals surface area (Å²) in [7, 11) is 0. The predicted octanol–water partition coefficient (Wildman–Crippen LogP) is 1.16. The third-order valence-electron chi connectivity index (χ3n) is 2.23. The molecule has 0 aliphatic heterocycles. The minimum atomic E-state index is 0.444. The zero-order valence-electron chi connectivity index (χ0n) is 8.51. The molecule has 0 spiro atoms. The van der Waals surface area contributed by atoms with E-state index in [0.29, 0.717) is 16.9 Å². The van der Waals surface area contributed by atoms with E-state index >= 15 is 0 Å². The molecule has 0 amide bonds. The Balaban J connectivity index is 2.63. The van der Waals surface area contributed by atoms with Crippen molar-refractivity contribution in [2.75, 3.05) is 5.73 Å². The van der Waals surface area contributed by atoms with Crippen LogP contribution in [0.1, 0.15) is 5.56 Å². The summed E-state index contributed by atoms with van der Waals surface area (Å²) in [5.74, 6) is 0.444. The smallest absolute Gasteiger partial charge is 0.124 e. The van der Waals surface area contributed by atoms with E-state index in [1.807, 2.05) is 6.07 Å². The Hall–Kier alpha value is -2.43. The van der Waals surface area contributed by atoms with Crippen molar-refractivity contribution >= 4 is 28.6 Å². The number of anilines is 1. The Morgan fingerprint density at radius 1 is 1.31 bits per heavy atom. The molecule has 0 bridgehead atoms. The second-order valence-corrected chi connectivity index (χ2v) is 3.26. The lowest BCUT2D eigenvalue weighted by atomic mass is 10.1. The molecule has 0 aromatic carbocycles. The van der Waals surface area contributed by atoms with Crippen LogP contribution < -0.4 is 11.5 Å². The quantitative estimate of drug-likeness (QED) is 0.651. The maximum absolute atomic E-state index is 7.20. The molecular weight excluding hydrogens is 202 g/mol. The van der Waals surface area contributed by atoms with E-state index in [1.54, 1.807) is 18.3 Å². The number of nitrogen functional groups attached to an aromatic ring is 1. The Bertz CT molecular complexity index is 574. The van der Waals surface area contributed by atoms with Crippen molar-refractivity contribution in [1.29, 1.82) is 5.41 Å². The van der Waals surface area contributed by atoms with E-state index < -0.39 is 0 Å². The number of rotatable bonds is 2. The summed E-state index contributed by atoms with van der Waals surface area (Å²) in [6.07, 6.45) is 4.20. The molecule has 0 fully saturated rings. The third kappa shape index (κ3) is 1.70. The number of hydrogen-bond acceptors (Lipinski definition) is 5. The first-order chi connectivity index (χ1) is 7.74. The van der Waals surface area contributed by atoms with Crippen molar-refractivity contribution in [2.24, 2.45) is 5.73 Å². The highest BCUT2D eigenvalue weighted by molar-refractivity contribution is 6.08. The number of allylic oxidation sites excluding steroid dienone is 1. The first kappa shape index (κ1) is 10.1. The SMILES string of the molecule is N=C/C(=C\N)c1cnc2ccc(N)nc2c1. The van der Waals surface area contributed by atoms with Gasteiger partial charge in [-0.1, -0.05) is 0 Å². The van der Waals surface area contributed by atoms with Crippen LogP contribution in [0.25, 0.3) is 16.6 Å². The van der Waals surface area contributed by atoms with Crippen LogP contribution in [0.4, 0.5) is 5.82 Å². The molecule has 5 N–H and O–H groups in total. The molecular formula is C11H11N5. The van der Waals surface area contributed by atoms with Crippen LogP contribution >= 0.6 is 0 Å². The summed E-state index contributed by atoms with van der Waals surface area (Å²) in [6.45, 7) is 0. The molecule has 2 aromatic rings. The molecule has 0 atom stereocenters. The maximum Gasteiger partial charge on any atom is 0.124 e. The van der Waals surface area contributed by atoms with Crippen molar-refractivity contribution in [2.45, 2.75) is 0 Å². The fraction of sp³-hybridized carbons (Fsp3) is 0. The summed E-state index contributed by atoms with van der Waals surface area (Å²) in [4.78, 5) is 8.38. The first-order valence-electron chi connectivity index (χ1n) is 4.69. The van der Waals surface area contributed by atoms with E-state index in [2.05, 4.69) is 9.97 Å². The molecule has 16 heavy (non-hydrogen) atoms. The number of hydrogen-bond donors (Lipinski definition) is 3. The van der Waals surface area contributed by atoms with Gasteiger partial charge in [0.2, 0.25) is 0 Å². The van der Waals surface area contributed by atoms with Gasteiger partial charge in [-0.15, -0.1) is 0 Å². The number of aromatic nitrogens is 2. The van der Waals surface area contributed by atoms with Crippen LogP contribution in [0.2, 0.25) is 0 Å². The highest BCUT2D eigenvalue weighted by Gasteiger charge is 2.02. The summed E-state index contributed by atoms with van der Waals surface area (Å²) in [6, 6.07) is 5.31. The van der Waals surface area contributed by atoms with Crippen molar-refractivity contribution in [1.82, 2.24) is 9.97 Å². The lowest BCUT2D eigenvalue weighted by Crippen LogP contribution is -1.95. The number of pyridine rings is 2. The van der Waals surface area contributed by atoms with Gasteiger partial charge in [-0.2, -0.15) is 0 Å². The summed E-state index contributed by atoms with van der Waals surface area (Å²) >= 11 is 0. The fourth-order valence-corrected chi connectivity index (χ4v) is 1.41. The number of nitrogens with one attached hydrogen (secondary N) is 1. The van der Waals surface area contributed by atoms with Gasteiger partial charge < -0.3 is 16.9 Å². The van der Waals surface area contributed by atoms with Crippen LogP contribution in [0.15, 0.2) is 30.6 Å². The van der Waals surface area contributed by atoms with E-state index in [9.17, 15) is 0 Å². The van der Waals surface area contributed by atoms with Crippen molar-refractivity contribution in [3.8, 4) is 0 Å². The van der Waals surface area contributed by atoms with Gasteiger partial charge in [0.15, 0.2) is 0 Å². The van der Waals surface area contributed by atoms with E-state index in [0.717, 1.165) is 11.1 Å².